The number of carbonyl (C=O) groups is 1. The van der Waals surface area contributed by atoms with E-state index in [9.17, 15) is 14.7 Å². The van der Waals surface area contributed by atoms with Gasteiger partial charge < -0.3 is 5.11 Å². The van der Waals surface area contributed by atoms with Crippen molar-refractivity contribution >= 4 is 28.5 Å². The van der Waals surface area contributed by atoms with Crippen LogP contribution in [-0.2, 0) is 6.54 Å². The third-order valence-electron chi connectivity index (χ3n) is 3.31. The minimum atomic E-state index is -1.37. The summed E-state index contributed by atoms with van der Waals surface area (Å²) in [5.74, 6) is -1.37. The number of carboxylic acids is 1. The summed E-state index contributed by atoms with van der Waals surface area (Å²) in [4.78, 5) is 23.5. The number of hydrogen-bond acceptors (Lipinski definition) is 3. The van der Waals surface area contributed by atoms with Gasteiger partial charge in [-0.05, 0) is 17.7 Å². The van der Waals surface area contributed by atoms with Gasteiger partial charge >= 0.3 is 5.97 Å². The third-order valence-corrected chi connectivity index (χ3v) is 3.63. The van der Waals surface area contributed by atoms with Gasteiger partial charge in [-0.15, -0.1) is 0 Å². The van der Waals surface area contributed by atoms with Gasteiger partial charge in [0.25, 0.3) is 0 Å². The molecule has 0 aliphatic carbocycles. The van der Waals surface area contributed by atoms with Crippen molar-refractivity contribution in [3.8, 4) is 0 Å². The van der Waals surface area contributed by atoms with Crippen LogP contribution < -0.4 is 5.43 Å². The van der Waals surface area contributed by atoms with E-state index in [-0.39, 0.29) is 10.4 Å². The molecule has 0 radical (unpaired) electrons. The molecule has 1 N–H and O–H groups in total. The Balaban J connectivity index is 2.29. The second-order valence-electron chi connectivity index (χ2n) is 4.76. The fraction of sp³-hybridized carbons (Fsp3) is 0.0625. The predicted octanol–water partition coefficient (Wildman–Crippen LogP) is 2.80. The molecule has 0 bridgehead atoms. The summed E-state index contributed by atoms with van der Waals surface area (Å²) >= 11 is 6.08. The first kappa shape index (κ1) is 14.3. The number of carboxylic acid groups (broad SMARTS) is 1. The lowest BCUT2D eigenvalue weighted by molar-refractivity contribution is 0.0686. The zero-order valence-electron chi connectivity index (χ0n) is 11.4. The highest BCUT2D eigenvalue weighted by Gasteiger charge is 2.18. The van der Waals surface area contributed by atoms with Gasteiger partial charge in [0, 0.05) is 0 Å². The molecular formula is C16H11ClN2O3. The standard InChI is InChI=1S/C16H11ClN2O3/c17-11-7-4-8-12-13(11)15(20)14(16(21)22)18-19(12)9-10-5-2-1-3-6-10/h1-8H,9H2,(H,21,22). The highest BCUT2D eigenvalue weighted by atomic mass is 35.5. The number of aromatic nitrogens is 2. The Morgan fingerprint density at radius 2 is 1.86 bits per heavy atom. The monoisotopic (exact) mass is 314 g/mol. The molecule has 1 heterocycles. The summed E-state index contributed by atoms with van der Waals surface area (Å²) < 4.78 is 1.49. The summed E-state index contributed by atoms with van der Waals surface area (Å²) in [5, 5.41) is 13.6. The van der Waals surface area contributed by atoms with Crippen LogP contribution in [0, 0.1) is 0 Å². The van der Waals surface area contributed by atoms with E-state index in [4.69, 9.17) is 11.6 Å². The molecule has 22 heavy (non-hydrogen) atoms. The number of nitrogens with zero attached hydrogens (tertiary/aromatic N) is 2. The normalized spacial score (nSPS) is 10.8. The molecule has 5 nitrogen and oxygen atoms in total. The van der Waals surface area contributed by atoms with Gasteiger partial charge in [0.1, 0.15) is 0 Å². The Kier molecular flexibility index (Phi) is 3.65. The Morgan fingerprint density at radius 3 is 2.55 bits per heavy atom. The van der Waals surface area contributed by atoms with Gasteiger partial charge in [-0.1, -0.05) is 48.0 Å². The van der Waals surface area contributed by atoms with Crippen LogP contribution in [-0.4, -0.2) is 20.9 Å². The van der Waals surface area contributed by atoms with Gasteiger partial charge in [0.05, 0.1) is 22.5 Å². The molecule has 0 aliphatic heterocycles. The van der Waals surface area contributed by atoms with E-state index in [1.807, 2.05) is 30.3 Å². The molecule has 0 atom stereocenters. The average molecular weight is 315 g/mol. The third kappa shape index (κ3) is 2.46. The zero-order chi connectivity index (χ0) is 15.7. The van der Waals surface area contributed by atoms with Crippen molar-refractivity contribution in [1.82, 2.24) is 9.78 Å². The lowest BCUT2D eigenvalue weighted by atomic mass is 10.1. The first-order chi connectivity index (χ1) is 10.6. The summed E-state index contributed by atoms with van der Waals surface area (Å²) in [6, 6.07) is 14.4. The van der Waals surface area contributed by atoms with Gasteiger partial charge in [0.2, 0.25) is 11.1 Å². The number of benzene rings is 2. The maximum absolute atomic E-state index is 12.3. The van der Waals surface area contributed by atoms with Crippen LogP contribution in [0.2, 0.25) is 5.02 Å². The van der Waals surface area contributed by atoms with Gasteiger partial charge in [-0.2, -0.15) is 5.10 Å². The maximum Gasteiger partial charge on any atom is 0.360 e. The maximum atomic E-state index is 12.3. The molecule has 0 spiro atoms. The second-order valence-corrected chi connectivity index (χ2v) is 5.17. The smallest absolute Gasteiger partial charge is 0.360 e. The van der Waals surface area contributed by atoms with E-state index < -0.39 is 17.1 Å². The minimum Gasteiger partial charge on any atom is -0.476 e. The lowest BCUT2D eigenvalue weighted by Gasteiger charge is -2.11. The summed E-state index contributed by atoms with van der Waals surface area (Å²) in [6.45, 7) is 0.345. The molecule has 110 valence electrons. The highest BCUT2D eigenvalue weighted by molar-refractivity contribution is 6.35. The number of halogens is 1. The van der Waals surface area contributed by atoms with Gasteiger partial charge in [-0.25, -0.2) is 4.79 Å². The zero-order valence-corrected chi connectivity index (χ0v) is 12.1. The molecule has 0 saturated carbocycles. The predicted molar refractivity (Wildman–Crippen MR) is 83.5 cm³/mol. The van der Waals surface area contributed by atoms with Crippen LogP contribution in [0.15, 0.2) is 53.3 Å². The second kappa shape index (κ2) is 5.61. The van der Waals surface area contributed by atoms with E-state index in [0.717, 1.165) is 5.56 Å². The van der Waals surface area contributed by atoms with E-state index in [1.54, 1.807) is 18.2 Å². The van der Waals surface area contributed by atoms with Crippen molar-refractivity contribution in [1.29, 1.82) is 0 Å². The van der Waals surface area contributed by atoms with Crippen molar-refractivity contribution in [3.05, 3.63) is 75.0 Å². The van der Waals surface area contributed by atoms with E-state index in [0.29, 0.717) is 12.1 Å². The number of hydrogen-bond donors (Lipinski definition) is 1. The van der Waals surface area contributed by atoms with Crippen LogP contribution in [0.1, 0.15) is 16.1 Å². The molecule has 2 aromatic carbocycles. The van der Waals surface area contributed by atoms with E-state index >= 15 is 0 Å². The van der Waals surface area contributed by atoms with Gasteiger partial charge in [-0.3, -0.25) is 9.48 Å². The number of aromatic carboxylic acids is 1. The fourth-order valence-electron chi connectivity index (χ4n) is 2.31. The number of fused-ring (bicyclic) bond motifs is 1. The fourth-order valence-corrected chi connectivity index (χ4v) is 2.56. The topological polar surface area (TPSA) is 72.2 Å². The quantitative estimate of drug-likeness (QED) is 0.807. The molecule has 3 rings (SSSR count). The minimum absolute atomic E-state index is 0.174. The molecule has 0 saturated heterocycles. The molecule has 0 aliphatic rings. The van der Waals surface area contributed by atoms with Crippen LogP contribution in [0.4, 0.5) is 0 Å². The molecule has 0 amide bonds. The lowest BCUT2D eigenvalue weighted by Crippen LogP contribution is -2.23. The average Bonchev–Trinajstić information content (AvgIpc) is 2.50. The highest BCUT2D eigenvalue weighted by Crippen LogP contribution is 2.20. The van der Waals surface area contributed by atoms with Crippen LogP contribution in [0.25, 0.3) is 10.9 Å². The molecule has 0 fully saturated rings. The molecule has 0 unspecified atom stereocenters. The summed E-state index contributed by atoms with van der Waals surface area (Å²) in [6.07, 6.45) is 0. The van der Waals surface area contributed by atoms with E-state index in [1.165, 1.54) is 4.68 Å². The Labute approximate surface area is 130 Å². The van der Waals surface area contributed by atoms with Crippen LogP contribution >= 0.6 is 11.6 Å². The Hall–Kier alpha value is -2.66. The number of rotatable bonds is 3. The van der Waals surface area contributed by atoms with E-state index in [2.05, 4.69) is 5.10 Å². The first-order valence-electron chi connectivity index (χ1n) is 6.54. The Bertz CT molecular complexity index is 920. The van der Waals surface area contributed by atoms with Crippen molar-refractivity contribution in [2.45, 2.75) is 6.54 Å². The van der Waals surface area contributed by atoms with Crippen molar-refractivity contribution < 1.29 is 9.90 Å². The summed E-state index contributed by atoms with van der Waals surface area (Å²) in [5.41, 5.74) is 0.247. The van der Waals surface area contributed by atoms with Crippen molar-refractivity contribution in [2.24, 2.45) is 0 Å². The summed E-state index contributed by atoms with van der Waals surface area (Å²) in [7, 11) is 0. The van der Waals surface area contributed by atoms with Crippen LogP contribution in [0.3, 0.4) is 0 Å². The first-order valence-corrected chi connectivity index (χ1v) is 6.92. The molecular weight excluding hydrogens is 304 g/mol. The molecule has 3 aromatic rings. The van der Waals surface area contributed by atoms with Crippen LogP contribution in [0.5, 0.6) is 0 Å². The van der Waals surface area contributed by atoms with Crippen molar-refractivity contribution in [3.63, 3.8) is 0 Å². The molecule has 1 aromatic heterocycles. The van der Waals surface area contributed by atoms with Crippen molar-refractivity contribution in [2.75, 3.05) is 0 Å². The Morgan fingerprint density at radius 1 is 1.14 bits per heavy atom. The SMILES string of the molecule is O=C(O)c1nn(Cc2ccccc2)c2cccc(Cl)c2c1=O. The van der Waals surface area contributed by atoms with Gasteiger partial charge in [0.15, 0.2) is 0 Å². The molecule has 6 heteroatoms. The largest absolute Gasteiger partial charge is 0.476 e.